The minimum Gasteiger partial charge on any atom is 0 e. The summed E-state index contributed by atoms with van der Waals surface area (Å²) in [5.74, 6) is 1.76. The van der Waals surface area contributed by atoms with Gasteiger partial charge in [0.05, 0.1) is 5.70 Å². The van der Waals surface area contributed by atoms with E-state index in [4.69, 9.17) is 18.6 Å². The molecule has 6 nitrogen and oxygen atoms in total. The van der Waals surface area contributed by atoms with Gasteiger partial charge in [0.2, 0.25) is 0 Å². The van der Waals surface area contributed by atoms with Crippen molar-refractivity contribution in [3.63, 3.8) is 0 Å². The zero-order valence-electron chi connectivity index (χ0n) is 8.90. The van der Waals surface area contributed by atoms with Gasteiger partial charge in [0.1, 0.15) is 5.94 Å². The minimum atomic E-state index is 0. The summed E-state index contributed by atoms with van der Waals surface area (Å²) < 4.78 is 30.0. The molecule has 0 heterocycles. The molecule has 0 saturated heterocycles. The van der Waals surface area contributed by atoms with Crippen molar-refractivity contribution in [1.82, 2.24) is 4.90 Å². The number of nitrogens with zero attached hydrogens (tertiary/aromatic N) is 1. The topological polar surface area (TPSA) is 99.9 Å². The summed E-state index contributed by atoms with van der Waals surface area (Å²) in [5.41, 5.74) is 0.625. The van der Waals surface area contributed by atoms with Crippen LogP contribution < -0.4 is 0 Å². The van der Waals surface area contributed by atoms with E-state index in [0.717, 1.165) is 0 Å². The van der Waals surface area contributed by atoms with Crippen molar-refractivity contribution in [2.75, 3.05) is 14.1 Å². The second-order valence-electron chi connectivity index (χ2n) is 1.58. The fourth-order valence-electron chi connectivity index (χ4n) is 0.0913. The molecule has 0 saturated carbocycles. The molecule has 0 aliphatic carbocycles. The molecular formula is C9H9CrNO5. The van der Waals surface area contributed by atoms with Crippen LogP contribution >= 0.6 is 0 Å². The van der Waals surface area contributed by atoms with Crippen LogP contribution in [0.5, 0.6) is 0 Å². The maximum atomic E-state index is 9.74. The van der Waals surface area contributed by atoms with Crippen LogP contribution in [0.15, 0.2) is 5.70 Å². The first-order chi connectivity index (χ1) is 7.18. The molecule has 0 aromatic carbocycles. The average Bonchev–Trinajstić information content (AvgIpc) is 2.37. The van der Waals surface area contributed by atoms with Crippen molar-refractivity contribution in [1.29, 1.82) is 0 Å². The Morgan fingerprint density at radius 3 is 1.12 bits per heavy atom. The van der Waals surface area contributed by atoms with Gasteiger partial charge in [-0.3, -0.25) is 0 Å². The standard InChI is InChI=1S/C5H9NO.4CO.Cr/c1-5(4-7)6(2)3;4*1-2;/h1-3H3;;;;;. The van der Waals surface area contributed by atoms with Crippen molar-refractivity contribution in [3.8, 4) is 0 Å². The second kappa shape index (κ2) is 67.7. The van der Waals surface area contributed by atoms with Crippen molar-refractivity contribution >= 4 is 5.94 Å². The molecule has 0 unspecified atom stereocenters. The van der Waals surface area contributed by atoms with Gasteiger partial charge in [0, 0.05) is 31.5 Å². The molecule has 16 heavy (non-hydrogen) atoms. The second-order valence-corrected chi connectivity index (χ2v) is 1.58. The zero-order valence-corrected chi connectivity index (χ0v) is 10.2. The minimum absolute atomic E-state index is 0. The van der Waals surface area contributed by atoms with E-state index in [0.29, 0.717) is 5.70 Å². The Morgan fingerprint density at radius 1 is 0.938 bits per heavy atom. The Bertz CT molecular complexity index is 211. The number of hydrogen-bond acceptors (Lipinski definition) is 2. The normalized spacial score (nSPS) is 3.69. The van der Waals surface area contributed by atoms with Gasteiger partial charge >= 0.3 is 45.2 Å². The van der Waals surface area contributed by atoms with Gasteiger partial charge < -0.3 is 4.90 Å². The summed E-state index contributed by atoms with van der Waals surface area (Å²) in [6.45, 7) is 19.7. The molecule has 0 aliphatic rings. The molecule has 0 atom stereocenters. The largest absolute Gasteiger partial charge is 0 e. The molecular weight excluding hydrogens is 254 g/mol. The molecule has 0 N–H and O–H groups in total. The van der Waals surface area contributed by atoms with Gasteiger partial charge in [-0.15, -0.1) is 0 Å². The van der Waals surface area contributed by atoms with Crippen molar-refractivity contribution < 1.29 is 40.8 Å². The van der Waals surface area contributed by atoms with Crippen LogP contribution in [-0.2, 0) is 40.8 Å². The molecule has 0 fully saturated rings. The van der Waals surface area contributed by atoms with Crippen LogP contribution in [0.4, 0.5) is 0 Å². The zero-order chi connectivity index (χ0) is 13.9. The van der Waals surface area contributed by atoms with E-state index in [1.165, 1.54) is 0 Å². The fourth-order valence-corrected chi connectivity index (χ4v) is 0.0913. The summed E-state index contributed by atoms with van der Waals surface area (Å²) in [4.78, 5) is 11.5. The molecule has 0 spiro atoms. The Kier molecular flexibility index (Phi) is 154. The number of allylic oxidation sites excluding steroid dienone is 1. The van der Waals surface area contributed by atoms with E-state index in [9.17, 15) is 4.79 Å². The quantitative estimate of drug-likeness (QED) is 0.381. The van der Waals surface area contributed by atoms with Crippen LogP contribution in [0.1, 0.15) is 6.92 Å². The van der Waals surface area contributed by atoms with Crippen LogP contribution in [-0.4, -0.2) is 24.9 Å². The van der Waals surface area contributed by atoms with E-state index in [1.807, 2.05) is 0 Å². The predicted molar refractivity (Wildman–Crippen MR) is 44.3 cm³/mol. The van der Waals surface area contributed by atoms with Crippen LogP contribution in [0.2, 0.25) is 0 Å². The molecule has 0 rings (SSSR count). The molecule has 0 radical (unpaired) electrons. The summed E-state index contributed by atoms with van der Waals surface area (Å²) in [5, 5.41) is 0. The van der Waals surface area contributed by atoms with E-state index in [-0.39, 0.29) is 17.4 Å². The van der Waals surface area contributed by atoms with E-state index in [1.54, 1.807) is 31.9 Å². The van der Waals surface area contributed by atoms with Gasteiger partial charge in [0.25, 0.3) is 0 Å². The Balaban J connectivity index is -0.0000000238. The molecule has 0 aromatic heterocycles. The predicted octanol–water partition coefficient (Wildman–Crippen LogP) is 0.131. The first-order valence-electron chi connectivity index (χ1n) is 2.89. The van der Waals surface area contributed by atoms with Gasteiger partial charge in [-0.2, -0.15) is 0 Å². The fraction of sp³-hybridized carbons (Fsp3) is 0.333. The third-order valence-electron chi connectivity index (χ3n) is 0.819. The Labute approximate surface area is 105 Å². The Hall–Kier alpha value is -1.26. The molecule has 0 amide bonds. The van der Waals surface area contributed by atoms with E-state index < -0.39 is 0 Å². The van der Waals surface area contributed by atoms with Crippen LogP contribution in [0.25, 0.3) is 0 Å². The first-order valence-corrected chi connectivity index (χ1v) is 2.89. The number of carbonyl (C=O) groups excluding carboxylic acids is 1. The maximum Gasteiger partial charge on any atom is 0 e. The molecule has 0 aliphatic heterocycles. The average molecular weight is 263 g/mol. The number of hydrogen-bond donors (Lipinski definition) is 0. The van der Waals surface area contributed by atoms with E-state index in [2.05, 4.69) is 26.6 Å². The van der Waals surface area contributed by atoms with Crippen molar-refractivity contribution in [3.05, 3.63) is 32.3 Å². The van der Waals surface area contributed by atoms with Crippen LogP contribution in [0, 0.1) is 26.6 Å². The maximum absolute atomic E-state index is 9.74. The summed E-state index contributed by atoms with van der Waals surface area (Å²) >= 11 is 0. The third-order valence-corrected chi connectivity index (χ3v) is 0.819. The smallest absolute Gasteiger partial charge is 0 e. The van der Waals surface area contributed by atoms with Gasteiger partial charge in [-0.1, -0.05) is 0 Å². The van der Waals surface area contributed by atoms with Crippen LogP contribution in [0.3, 0.4) is 0 Å². The van der Waals surface area contributed by atoms with E-state index >= 15 is 0 Å². The first kappa shape index (κ1) is 36.4. The van der Waals surface area contributed by atoms with Crippen molar-refractivity contribution in [2.24, 2.45) is 0 Å². The monoisotopic (exact) mass is 263 g/mol. The molecule has 0 aromatic rings. The summed E-state index contributed by atoms with van der Waals surface area (Å²) in [7, 11) is 3.61. The molecule has 0 bridgehead atoms. The van der Waals surface area contributed by atoms with Gasteiger partial charge in [-0.25, -0.2) is 4.79 Å². The summed E-state index contributed by atoms with van der Waals surface area (Å²) in [6, 6.07) is 0. The van der Waals surface area contributed by atoms with Gasteiger partial charge in [0.15, 0.2) is 0 Å². The molecule has 86 valence electrons. The Morgan fingerprint density at radius 2 is 1.12 bits per heavy atom. The van der Waals surface area contributed by atoms with Crippen molar-refractivity contribution in [2.45, 2.75) is 6.92 Å². The third kappa shape index (κ3) is 78.1. The SMILES string of the molecule is CC(=C=O)N(C)C.[C-]#[O+].[C-]#[O+].[C-]#[O+].[C-]#[O+].[Cr]. The number of rotatable bonds is 1. The summed E-state index contributed by atoms with van der Waals surface area (Å²) in [6.07, 6.45) is 0. The van der Waals surface area contributed by atoms with Gasteiger partial charge in [-0.05, 0) is 6.92 Å². The molecule has 7 heteroatoms.